The summed E-state index contributed by atoms with van der Waals surface area (Å²) in [6, 6.07) is 4.08. The molecule has 17 heavy (non-hydrogen) atoms. The van der Waals surface area contributed by atoms with Gasteiger partial charge in [-0.05, 0) is 49.7 Å². The molecule has 1 saturated carbocycles. The van der Waals surface area contributed by atoms with Crippen molar-refractivity contribution in [1.29, 1.82) is 0 Å². The molecule has 0 spiro atoms. The van der Waals surface area contributed by atoms with E-state index in [4.69, 9.17) is 16.7 Å². The predicted molar refractivity (Wildman–Crippen MR) is 68.6 cm³/mol. The van der Waals surface area contributed by atoms with Gasteiger partial charge in [-0.2, -0.15) is 0 Å². The standard InChI is InChI=1S/C14H17ClO2/c1-8-5-9(2)14(15)12(6-8)11(7-13(16)17)10-3-4-10/h5-6,10-11H,3-4,7H2,1-2H3,(H,16,17). The largest absolute Gasteiger partial charge is 0.481 e. The maximum Gasteiger partial charge on any atom is 0.303 e. The summed E-state index contributed by atoms with van der Waals surface area (Å²) in [7, 11) is 0. The zero-order chi connectivity index (χ0) is 12.6. The molecule has 1 aromatic rings. The smallest absolute Gasteiger partial charge is 0.303 e. The molecule has 1 N–H and O–H groups in total. The topological polar surface area (TPSA) is 37.3 Å². The minimum absolute atomic E-state index is 0.0820. The van der Waals surface area contributed by atoms with Gasteiger partial charge < -0.3 is 5.11 Å². The van der Waals surface area contributed by atoms with Gasteiger partial charge in [0.2, 0.25) is 0 Å². The van der Waals surface area contributed by atoms with Gasteiger partial charge in [0, 0.05) is 5.02 Å². The predicted octanol–water partition coefficient (Wildman–Crippen LogP) is 3.93. The fourth-order valence-corrected chi connectivity index (χ4v) is 2.72. The van der Waals surface area contributed by atoms with Crippen LogP contribution in [0.15, 0.2) is 12.1 Å². The van der Waals surface area contributed by atoms with E-state index in [1.165, 1.54) is 0 Å². The summed E-state index contributed by atoms with van der Waals surface area (Å²) in [6.45, 7) is 4.00. The molecule has 0 bridgehead atoms. The van der Waals surface area contributed by atoms with E-state index in [2.05, 4.69) is 0 Å². The molecule has 2 rings (SSSR count). The number of carboxylic acid groups (broad SMARTS) is 1. The molecule has 0 aromatic heterocycles. The summed E-state index contributed by atoms with van der Waals surface area (Å²) in [5.41, 5.74) is 3.21. The Labute approximate surface area is 107 Å². The Hall–Kier alpha value is -1.02. The third-order valence-corrected chi connectivity index (χ3v) is 3.93. The Bertz CT molecular complexity index is 450. The van der Waals surface area contributed by atoms with Crippen LogP contribution >= 0.6 is 11.6 Å². The van der Waals surface area contributed by atoms with E-state index in [-0.39, 0.29) is 12.3 Å². The number of carboxylic acids is 1. The van der Waals surface area contributed by atoms with E-state index in [0.29, 0.717) is 5.92 Å². The van der Waals surface area contributed by atoms with Gasteiger partial charge in [-0.3, -0.25) is 4.79 Å². The van der Waals surface area contributed by atoms with Gasteiger partial charge in [-0.25, -0.2) is 0 Å². The summed E-state index contributed by atoms with van der Waals surface area (Å²) in [6.07, 6.45) is 2.44. The Morgan fingerprint density at radius 3 is 2.65 bits per heavy atom. The molecule has 0 heterocycles. The fourth-order valence-electron chi connectivity index (χ4n) is 2.47. The zero-order valence-corrected chi connectivity index (χ0v) is 10.9. The lowest BCUT2D eigenvalue weighted by molar-refractivity contribution is -0.137. The zero-order valence-electron chi connectivity index (χ0n) is 10.2. The van der Waals surface area contributed by atoms with Crippen molar-refractivity contribution in [3.8, 4) is 0 Å². The molecule has 0 amide bonds. The average molecular weight is 253 g/mol. The molecule has 1 aromatic carbocycles. The van der Waals surface area contributed by atoms with Gasteiger partial charge >= 0.3 is 5.97 Å². The van der Waals surface area contributed by atoms with Crippen molar-refractivity contribution >= 4 is 17.6 Å². The van der Waals surface area contributed by atoms with Crippen molar-refractivity contribution in [2.45, 2.75) is 39.0 Å². The van der Waals surface area contributed by atoms with Crippen LogP contribution in [0.2, 0.25) is 5.02 Å². The Morgan fingerprint density at radius 2 is 2.12 bits per heavy atom. The quantitative estimate of drug-likeness (QED) is 0.882. The van der Waals surface area contributed by atoms with E-state index in [1.54, 1.807) is 0 Å². The lowest BCUT2D eigenvalue weighted by atomic mass is 9.89. The number of carbonyl (C=O) groups is 1. The molecule has 1 unspecified atom stereocenters. The van der Waals surface area contributed by atoms with Gasteiger partial charge in [0.25, 0.3) is 0 Å². The molecule has 0 radical (unpaired) electrons. The Balaban J connectivity index is 2.38. The first-order chi connectivity index (χ1) is 7.99. The van der Waals surface area contributed by atoms with Crippen molar-refractivity contribution in [2.24, 2.45) is 5.92 Å². The van der Waals surface area contributed by atoms with Gasteiger partial charge in [0.15, 0.2) is 0 Å². The van der Waals surface area contributed by atoms with Crippen LogP contribution in [0.1, 0.15) is 41.9 Å². The van der Waals surface area contributed by atoms with Crippen LogP contribution in [0.25, 0.3) is 0 Å². The van der Waals surface area contributed by atoms with Gasteiger partial charge in [-0.1, -0.05) is 29.3 Å². The van der Waals surface area contributed by atoms with Crippen molar-refractivity contribution in [1.82, 2.24) is 0 Å². The molecule has 0 saturated heterocycles. The molecule has 92 valence electrons. The summed E-state index contributed by atoms with van der Waals surface area (Å²) < 4.78 is 0. The highest BCUT2D eigenvalue weighted by Crippen LogP contribution is 2.47. The van der Waals surface area contributed by atoms with Crippen LogP contribution in [-0.4, -0.2) is 11.1 Å². The lowest BCUT2D eigenvalue weighted by Gasteiger charge is -2.18. The van der Waals surface area contributed by atoms with E-state index in [1.807, 2.05) is 26.0 Å². The number of benzene rings is 1. The second-order valence-electron chi connectivity index (χ2n) is 5.03. The van der Waals surface area contributed by atoms with Crippen molar-refractivity contribution in [3.63, 3.8) is 0 Å². The highest BCUT2D eigenvalue weighted by atomic mass is 35.5. The van der Waals surface area contributed by atoms with Crippen molar-refractivity contribution in [3.05, 3.63) is 33.8 Å². The summed E-state index contributed by atoms with van der Waals surface area (Å²) >= 11 is 6.32. The van der Waals surface area contributed by atoms with E-state index in [9.17, 15) is 4.79 Å². The van der Waals surface area contributed by atoms with Crippen LogP contribution in [0.3, 0.4) is 0 Å². The van der Waals surface area contributed by atoms with E-state index in [0.717, 1.165) is 34.6 Å². The van der Waals surface area contributed by atoms with Crippen LogP contribution in [-0.2, 0) is 4.79 Å². The van der Waals surface area contributed by atoms with Crippen LogP contribution < -0.4 is 0 Å². The summed E-state index contributed by atoms with van der Waals surface area (Å²) in [4.78, 5) is 11.0. The third-order valence-electron chi connectivity index (χ3n) is 3.41. The maximum atomic E-state index is 11.0. The number of hydrogen-bond acceptors (Lipinski definition) is 1. The highest BCUT2D eigenvalue weighted by Gasteiger charge is 2.35. The van der Waals surface area contributed by atoms with Crippen LogP contribution in [0.4, 0.5) is 0 Å². The van der Waals surface area contributed by atoms with Gasteiger partial charge in [0.05, 0.1) is 6.42 Å². The second-order valence-corrected chi connectivity index (χ2v) is 5.40. The first kappa shape index (κ1) is 12.4. The number of aliphatic carboxylic acids is 1. The minimum Gasteiger partial charge on any atom is -0.481 e. The van der Waals surface area contributed by atoms with Crippen LogP contribution in [0.5, 0.6) is 0 Å². The highest BCUT2D eigenvalue weighted by molar-refractivity contribution is 6.32. The molecule has 1 fully saturated rings. The molecule has 1 aliphatic carbocycles. The SMILES string of the molecule is Cc1cc(C)c(Cl)c(C(CC(=O)O)C2CC2)c1. The average Bonchev–Trinajstić information content (AvgIpc) is 3.03. The summed E-state index contributed by atoms with van der Waals surface area (Å²) in [5, 5.41) is 9.75. The van der Waals surface area contributed by atoms with E-state index < -0.39 is 5.97 Å². The van der Waals surface area contributed by atoms with Crippen LogP contribution in [0, 0.1) is 19.8 Å². The number of aryl methyl sites for hydroxylation is 2. The molecule has 3 heteroatoms. The Kier molecular flexibility index (Phi) is 3.43. The second kappa shape index (κ2) is 4.69. The molecule has 1 aliphatic rings. The fraction of sp³-hybridized carbons (Fsp3) is 0.500. The molecule has 2 nitrogen and oxygen atoms in total. The third kappa shape index (κ3) is 2.81. The monoisotopic (exact) mass is 252 g/mol. The number of rotatable bonds is 4. The molecule has 0 aliphatic heterocycles. The molecular formula is C14H17ClO2. The minimum atomic E-state index is -0.739. The molecular weight excluding hydrogens is 236 g/mol. The number of hydrogen-bond donors (Lipinski definition) is 1. The normalized spacial score (nSPS) is 16.9. The first-order valence-corrected chi connectivity index (χ1v) is 6.35. The molecule has 1 atom stereocenters. The Morgan fingerprint density at radius 1 is 1.47 bits per heavy atom. The summed E-state index contributed by atoms with van der Waals surface area (Å²) in [5.74, 6) is -0.152. The van der Waals surface area contributed by atoms with E-state index >= 15 is 0 Å². The first-order valence-electron chi connectivity index (χ1n) is 5.97. The van der Waals surface area contributed by atoms with Crippen molar-refractivity contribution < 1.29 is 9.90 Å². The lowest BCUT2D eigenvalue weighted by Crippen LogP contribution is -2.09. The van der Waals surface area contributed by atoms with Crippen molar-refractivity contribution in [2.75, 3.05) is 0 Å². The van der Waals surface area contributed by atoms with Gasteiger partial charge in [-0.15, -0.1) is 0 Å². The maximum absolute atomic E-state index is 11.0. The van der Waals surface area contributed by atoms with Gasteiger partial charge in [0.1, 0.15) is 0 Å². The number of halogens is 1.